The highest BCUT2D eigenvalue weighted by atomic mass is 16.5. The van der Waals surface area contributed by atoms with Gasteiger partial charge in [-0.25, -0.2) is 4.79 Å². The molecule has 0 atom stereocenters. The number of fused-ring (bicyclic) bond motifs is 1. The second kappa shape index (κ2) is 7.44. The van der Waals surface area contributed by atoms with E-state index in [4.69, 9.17) is 4.74 Å². The average molecular weight is 351 g/mol. The van der Waals surface area contributed by atoms with E-state index in [1.54, 1.807) is 19.1 Å². The monoisotopic (exact) mass is 351 g/mol. The number of aromatic carboxylic acids is 1. The quantitative estimate of drug-likeness (QED) is 0.686. The molecule has 0 aliphatic carbocycles. The fourth-order valence-corrected chi connectivity index (χ4v) is 3.23. The molecule has 0 fully saturated rings. The summed E-state index contributed by atoms with van der Waals surface area (Å²) in [6, 6.07) is 15.1. The fourth-order valence-electron chi connectivity index (χ4n) is 3.23. The van der Waals surface area contributed by atoms with Crippen LogP contribution < -0.4 is 0 Å². The van der Waals surface area contributed by atoms with Crippen molar-refractivity contribution in [3.8, 4) is 0 Å². The molecule has 3 aromatic rings. The number of ether oxygens (including phenoxy) is 1. The molecular weight excluding hydrogens is 330 g/mol. The van der Waals surface area contributed by atoms with Crippen LogP contribution in [0.2, 0.25) is 0 Å². The summed E-state index contributed by atoms with van der Waals surface area (Å²) in [7, 11) is 0. The van der Waals surface area contributed by atoms with E-state index in [1.807, 2.05) is 43.3 Å². The van der Waals surface area contributed by atoms with Crippen molar-refractivity contribution >= 4 is 22.8 Å². The van der Waals surface area contributed by atoms with E-state index in [0.29, 0.717) is 13.2 Å². The molecule has 0 unspecified atom stereocenters. The van der Waals surface area contributed by atoms with Crippen LogP contribution in [0.3, 0.4) is 0 Å². The van der Waals surface area contributed by atoms with Gasteiger partial charge in [-0.15, -0.1) is 0 Å². The highest BCUT2D eigenvalue weighted by Gasteiger charge is 2.19. The Hall–Kier alpha value is -3.08. The van der Waals surface area contributed by atoms with Crippen molar-refractivity contribution in [3.05, 3.63) is 70.9 Å². The van der Waals surface area contributed by atoms with Gasteiger partial charge in [-0.2, -0.15) is 0 Å². The highest BCUT2D eigenvalue weighted by Crippen LogP contribution is 2.29. The van der Waals surface area contributed by atoms with E-state index >= 15 is 0 Å². The minimum atomic E-state index is -0.984. The van der Waals surface area contributed by atoms with Gasteiger partial charge in [0.1, 0.15) is 0 Å². The fraction of sp³-hybridized carbons (Fsp3) is 0.238. The summed E-state index contributed by atoms with van der Waals surface area (Å²) in [4.78, 5) is 23.4. The molecule has 26 heavy (non-hydrogen) atoms. The third-order valence-corrected chi connectivity index (χ3v) is 4.51. The van der Waals surface area contributed by atoms with Crippen LogP contribution in [0.25, 0.3) is 10.9 Å². The molecule has 0 amide bonds. The molecule has 5 heteroatoms. The summed E-state index contributed by atoms with van der Waals surface area (Å²) in [5.74, 6) is -1.29. The van der Waals surface area contributed by atoms with Crippen LogP contribution in [0.4, 0.5) is 0 Å². The van der Waals surface area contributed by atoms with Crippen molar-refractivity contribution in [3.63, 3.8) is 0 Å². The number of hydrogen-bond acceptors (Lipinski definition) is 3. The molecule has 0 spiro atoms. The van der Waals surface area contributed by atoms with Crippen molar-refractivity contribution in [2.24, 2.45) is 0 Å². The number of benzene rings is 2. The summed E-state index contributed by atoms with van der Waals surface area (Å²) < 4.78 is 7.21. The van der Waals surface area contributed by atoms with E-state index in [2.05, 4.69) is 4.57 Å². The van der Waals surface area contributed by atoms with E-state index in [1.165, 1.54) is 0 Å². The number of nitrogens with zero attached hydrogens (tertiary/aromatic N) is 1. The zero-order valence-electron chi connectivity index (χ0n) is 14.9. The summed E-state index contributed by atoms with van der Waals surface area (Å²) in [6.07, 6.45) is 0.126. The molecule has 0 aliphatic heterocycles. The standard InChI is InChI=1S/C21H21NO4/c1-3-26-20(23)12-17-14(2)22(13-15-7-5-4-6-8-15)19-10-9-16(21(24)25)11-18(17)19/h4-11H,3,12-13H2,1-2H3,(H,24,25). The first kappa shape index (κ1) is 17.7. The summed E-state index contributed by atoms with van der Waals surface area (Å²) in [5.41, 5.74) is 4.02. The van der Waals surface area contributed by atoms with Crippen molar-refractivity contribution in [1.29, 1.82) is 0 Å². The maximum atomic E-state index is 12.0. The van der Waals surface area contributed by atoms with Crippen LogP contribution in [0.5, 0.6) is 0 Å². The van der Waals surface area contributed by atoms with Gasteiger partial charge >= 0.3 is 11.9 Å². The van der Waals surface area contributed by atoms with Crippen molar-refractivity contribution in [2.45, 2.75) is 26.8 Å². The van der Waals surface area contributed by atoms with Gasteiger partial charge in [0, 0.05) is 23.1 Å². The van der Waals surface area contributed by atoms with Crippen LogP contribution >= 0.6 is 0 Å². The Morgan fingerprint density at radius 1 is 1.12 bits per heavy atom. The molecular formula is C21H21NO4. The topological polar surface area (TPSA) is 68.5 Å². The number of carbonyl (C=O) groups excluding carboxylic acids is 1. The number of rotatable bonds is 6. The molecule has 3 rings (SSSR count). The second-order valence-corrected chi connectivity index (χ2v) is 6.15. The lowest BCUT2D eigenvalue weighted by atomic mass is 10.1. The van der Waals surface area contributed by atoms with Crippen LogP contribution in [0.1, 0.15) is 34.1 Å². The third kappa shape index (κ3) is 3.47. The zero-order chi connectivity index (χ0) is 18.7. The normalized spacial score (nSPS) is 10.8. The summed E-state index contributed by atoms with van der Waals surface area (Å²) in [6.45, 7) is 4.70. The number of carboxylic acids is 1. The van der Waals surface area contributed by atoms with E-state index in [0.717, 1.165) is 27.7 Å². The van der Waals surface area contributed by atoms with E-state index < -0.39 is 5.97 Å². The molecule has 0 bridgehead atoms. The van der Waals surface area contributed by atoms with Gasteiger partial charge < -0.3 is 14.4 Å². The first-order chi connectivity index (χ1) is 12.5. The zero-order valence-corrected chi connectivity index (χ0v) is 14.9. The van der Waals surface area contributed by atoms with Crippen molar-refractivity contribution in [2.75, 3.05) is 6.61 Å². The van der Waals surface area contributed by atoms with Crippen LogP contribution in [0.15, 0.2) is 48.5 Å². The first-order valence-corrected chi connectivity index (χ1v) is 8.55. The molecule has 0 saturated carbocycles. The van der Waals surface area contributed by atoms with Gasteiger partial charge in [0.15, 0.2) is 0 Å². The molecule has 0 radical (unpaired) electrons. The van der Waals surface area contributed by atoms with Crippen molar-refractivity contribution in [1.82, 2.24) is 4.57 Å². The molecule has 0 saturated heterocycles. The molecule has 0 aliphatic rings. The van der Waals surface area contributed by atoms with Gasteiger partial charge in [-0.3, -0.25) is 4.79 Å². The third-order valence-electron chi connectivity index (χ3n) is 4.51. The smallest absolute Gasteiger partial charge is 0.335 e. The van der Waals surface area contributed by atoms with Gasteiger partial charge in [0.2, 0.25) is 0 Å². The predicted octanol–water partition coefficient (Wildman–Crippen LogP) is 3.80. The summed E-state index contributed by atoms with van der Waals surface area (Å²) in [5, 5.41) is 10.1. The largest absolute Gasteiger partial charge is 0.478 e. The minimum absolute atomic E-state index is 0.126. The average Bonchev–Trinajstić information content (AvgIpc) is 2.88. The molecule has 1 N–H and O–H groups in total. The lowest BCUT2D eigenvalue weighted by Crippen LogP contribution is -2.09. The van der Waals surface area contributed by atoms with Crippen LogP contribution in [0, 0.1) is 6.92 Å². The molecule has 1 heterocycles. The lowest BCUT2D eigenvalue weighted by molar-refractivity contribution is -0.142. The second-order valence-electron chi connectivity index (χ2n) is 6.15. The van der Waals surface area contributed by atoms with Crippen molar-refractivity contribution < 1.29 is 19.4 Å². The number of aromatic nitrogens is 1. The van der Waals surface area contributed by atoms with Gasteiger partial charge in [-0.1, -0.05) is 30.3 Å². The highest BCUT2D eigenvalue weighted by molar-refractivity contribution is 5.96. The first-order valence-electron chi connectivity index (χ1n) is 8.55. The Balaban J connectivity index is 2.13. The molecule has 2 aromatic carbocycles. The number of carboxylic acid groups (broad SMARTS) is 1. The number of esters is 1. The van der Waals surface area contributed by atoms with Crippen LogP contribution in [-0.4, -0.2) is 28.2 Å². The Kier molecular flexibility index (Phi) is 5.07. The Labute approximate surface area is 151 Å². The predicted molar refractivity (Wildman–Crippen MR) is 99.5 cm³/mol. The Morgan fingerprint density at radius 3 is 2.50 bits per heavy atom. The van der Waals surface area contributed by atoms with Gasteiger partial charge in [0.25, 0.3) is 0 Å². The van der Waals surface area contributed by atoms with Crippen LogP contribution in [-0.2, 0) is 22.5 Å². The lowest BCUT2D eigenvalue weighted by Gasteiger charge is -2.09. The minimum Gasteiger partial charge on any atom is -0.478 e. The summed E-state index contributed by atoms with van der Waals surface area (Å²) >= 11 is 0. The number of carbonyl (C=O) groups is 2. The Morgan fingerprint density at radius 2 is 1.85 bits per heavy atom. The van der Waals surface area contributed by atoms with E-state index in [-0.39, 0.29) is 18.0 Å². The maximum absolute atomic E-state index is 12.0. The Bertz CT molecular complexity index is 957. The van der Waals surface area contributed by atoms with Gasteiger partial charge in [-0.05, 0) is 43.2 Å². The molecule has 134 valence electrons. The van der Waals surface area contributed by atoms with E-state index in [9.17, 15) is 14.7 Å². The SMILES string of the molecule is CCOC(=O)Cc1c(C)n(Cc2ccccc2)c2ccc(C(=O)O)cc12. The maximum Gasteiger partial charge on any atom is 0.335 e. The molecule has 1 aromatic heterocycles. The van der Waals surface area contributed by atoms with Gasteiger partial charge in [0.05, 0.1) is 18.6 Å². The molecule has 5 nitrogen and oxygen atoms in total. The number of hydrogen-bond donors (Lipinski definition) is 1.